The molecule has 1 aliphatic heterocycles. The van der Waals surface area contributed by atoms with E-state index in [1.807, 2.05) is 30.1 Å². The van der Waals surface area contributed by atoms with E-state index in [0.717, 1.165) is 10.8 Å². The van der Waals surface area contributed by atoms with Gasteiger partial charge in [0.05, 0.1) is 11.4 Å². The smallest absolute Gasteiger partial charge is 0.121 e. The lowest BCUT2D eigenvalue weighted by molar-refractivity contribution is 0.448. The van der Waals surface area contributed by atoms with Crippen LogP contribution in [0.1, 0.15) is 0 Å². The quantitative estimate of drug-likeness (QED) is 0.523. The number of benzene rings is 1. The Hall–Kier alpha value is -1.25. The molecule has 0 aromatic heterocycles. The fraction of sp³-hybridized carbons (Fsp3) is 0.250. The third-order valence-corrected chi connectivity index (χ3v) is 1.89. The summed E-state index contributed by atoms with van der Waals surface area (Å²) < 4.78 is 13.0. The average molecular weight is 152 g/mol. The monoisotopic (exact) mass is 152 g/mol. The molecule has 2 rings (SSSR count). The second-order valence-corrected chi connectivity index (χ2v) is 2.69. The fourth-order valence-electron chi connectivity index (χ4n) is 1.33. The number of hydrogen-bond acceptors (Lipinski definition) is 2. The lowest BCUT2D eigenvalue weighted by Crippen LogP contribution is -2.20. The molecule has 58 valence electrons. The molecule has 1 aromatic rings. The lowest BCUT2D eigenvalue weighted by atomic mass is 10.3. The Morgan fingerprint density at radius 3 is 2.55 bits per heavy atom. The Balaban J connectivity index is 2.52. The van der Waals surface area contributed by atoms with Crippen molar-refractivity contribution in [2.24, 2.45) is 0 Å². The summed E-state index contributed by atoms with van der Waals surface area (Å²) in [5.41, 5.74) is 1.62. The van der Waals surface area contributed by atoms with E-state index in [9.17, 15) is 4.48 Å². The molecule has 1 aromatic carbocycles. The summed E-state index contributed by atoms with van der Waals surface area (Å²) in [4.78, 5) is 1.87. The number of hydrogen-bond donors (Lipinski definition) is 0. The van der Waals surface area contributed by atoms with Gasteiger partial charge < -0.3 is 4.90 Å². The summed E-state index contributed by atoms with van der Waals surface area (Å²) >= 11 is 0. The summed E-state index contributed by atoms with van der Waals surface area (Å²) in [6, 6.07) is 7.44. The van der Waals surface area contributed by atoms with Crippen molar-refractivity contribution in [3.63, 3.8) is 0 Å². The van der Waals surface area contributed by atoms with E-state index < -0.39 is 0 Å². The van der Waals surface area contributed by atoms with Crippen LogP contribution in [0.15, 0.2) is 24.3 Å². The van der Waals surface area contributed by atoms with Crippen LogP contribution >= 0.6 is 0 Å². The molecule has 0 saturated heterocycles. The molecule has 0 radical (unpaired) electrons. The molecule has 0 saturated carbocycles. The molecule has 0 amide bonds. The normalized spacial score (nSPS) is 15.5. The first kappa shape index (κ1) is 6.46. The van der Waals surface area contributed by atoms with E-state index in [1.54, 1.807) is 6.07 Å². The Kier molecular flexibility index (Phi) is 1.24. The highest BCUT2D eigenvalue weighted by Gasteiger charge is 2.21. The molecule has 0 fully saturated rings. The van der Waals surface area contributed by atoms with E-state index in [-0.39, 0.29) is 0 Å². The number of halogens is 1. The number of rotatable bonds is 0. The second-order valence-electron chi connectivity index (χ2n) is 2.69. The number of fused-ring (bicyclic) bond motifs is 1. The minimum Gasteiger partial charge on any atom is -0.353 e. The lowest BCUT2D eigenvalue weighted by Gasteiger charge is -2.08. The molecule has 1 heterocycles. The summed E-state index contributed by atoms with van der Waals surface area (Å²) in [6.07, 6.45) is 0. The largest absolute Gasteiger partial charge is 0.353 e. The molecule has 11 heavy (non-hydrogen) atoms. The first-order valence-electron chi connectivity index (χ1n) is 3.52. The maximum atomic E-state index is 13.0. The van der Waals surface area contributed by atoms with Crippen LogP contribution in [0.2, 0.25) is 0 Å². The molecule has 0 bridgehead atoms. The van der Waals surface area contributed by atoms with E-state index in [2.05, 4.69) is 0 Å². The maximum Gasteiger partial charge on any atom is 0.121 e. The number of anilines is 2. The zero-order valence-electron chi connectivity index (χ0n) is 6.29. The Morgan fingerprint density at radius 2 is 1.91 bits per heavy atom. The molecule has 0 N–H and O–H groups in total. The molecular weight excluding hydrogens is 143 g/mol. The van der Waals surface area contributed by atoms with E-state index in [1.165, 1.54) is 0 Å². The van der Waals surface area contributed by atoms with Gasteiger partial charge in [0.25, 0.3) is 0 Å². The zero-order valence-corrected chi connectivity index (χ0v) is 6.29. The van der Waals surface area contributed by atoms with Crippen LogP contribution < -0.4 is 10.0 Å². The summed E-state index contributed by atoms with van der Waals surface area (Å²) in [5.74, 6) is 0. The predicted octanol–water partition coefficient (Wildman–Crippen LogP) is 1.78. The first-order valence-corrected chi connectivity index (χ1v) is 3.52. The minimum absolute atomic E-state index is 0.333. The van der Waals surface area contributed by atoms with E-state index >= 15 is 0 Å². The molecule has 1 aliphatic rings. The van der Waals surface area contributed by atoms with Crippen LogP contribution in [0.3, 0.4) is 0 Å². The van der Waals surface area contributed by atoms with Crippen LogP contribution in [0.5, 0.6) is 0 Å². The van der Waals surface area contributed by atoms with Gasteiger partial charge in [0.2, 0.25) is 0 Å². The van der Waals surface area contributed by atoms with Crippen molar-refractivity contribution < 1.29 is 4.48 Å². The highest BCUT2D eigenvalue weighted by molar-refractivity contribution is 5.74. The van der Waals surface area contributed by atoms with Crippen molar-refractivity contribution in [1.29, 1.82) is 0 Å². The molecular formula is C8H9FN2. The molecule has 0 aliphatic carbocycles. The predicted molar refractivity (Wildman–Crippen MR) is 43.3 cm³/mol. The molecule has 0 spiro atoms. The summed E-state index contributed by atoms with van der Waals surface area (Å²) in [7, 11) is 1.87. The van der Waals surface area contributed by atoms with Crippen molar-refractivity contribution in [1.82, 2.24) is 0 Å². The van der Waals surface area contributed by atoms with Gasteiger partial charge in [-0.05, 0) is 12.1 Å². The Morgan fingerprint density at radius 1 is 1.27 bits per heavy atom. The standard InChI is InChI=1S/C8H9FN2/c1-10-6-11(9)8-5-3-2-4-7(8)10/h2-5H,6H2,1H3. The van der Waals surface area contributed by atoms with Crippen LogP contribution in [-0.2, 0) is 0 Å². The number of nitrogens with zero attached hydrogens (tertiary/aromatic N) is 2. The summed E-state index contributed by atoms with van der Waals surface area (Å²) in [6.45, 7) is 0.333. The minimum atomic E-state index is 0.333. The zero-order chi connectivity index (χ0) is 7.84. The third-order valence-electron chi connectivity index (χ3n) is 1.89. The maximum absolute atomic E-state index is 13.0. The van der Waals surface area contributed by atoms with Crippen molar-refractivity contribution in [2.45, 2.75) is 0 Å². The molecule has 3 heteroatoms. The van der Waals surface area contributed by atoms with Crippen LogP contribution in [-0.4, -0.2) is 13.7 Å². The van der Waals surface area contributed by atoms with Crippen molar-refractivity contribution in [3.05, 3.63) is 24.3 Å². The van der Waals surface area contributed by atoms with Gasteiger partial charge in [-0.1, -0.05) is 16.6 Å². The number of para-hydroxylation sites is 2. The van der Waals surface area contributed by atoms with Gasteiger partial charge in [-0.3, -0.25) is 0 Å². The van der Waals surface area contributed by atoms with Crippen molar-refractivity contribution in [3.8, 4) is 0 Å². The van der Waals surface area contributed by atoms with Gasteiger partial charge in [0, 0.05) is 7.05 Å². The van der Waals surface area contributed by atoms with E-state index in [0.29, 0.717) is 12.4 Å². The van der Waals surface area contributed by atoms with Gasteiger partial charge in [-0.15, -0.1) is 0 Å². The van der Waals surface area contributed by atoms with Crippen molar-refractivity contribution in [2.75, 3.05) is 23.7 Å². The van der Waals surface area contributed by atoms with E-state index in [4.69, 9.17) is 0 Å². The summed E-state index contributed by atoms with van der Waals surface area (Å²) in [5, 5.41) is 0.745. The highest BCUT2D eigenvalue weighted by Crippen LogP contribution is 2.34. The highest BCUT2D eigenvalue weighted by atomic mass is 19.2. The average Bonchev–Trinajstić information content (AvgIpc) is 2.30. The van der Waals surface area contributed by atoms with Gasteiger partial charge in [-0.25, -0.2) is 0 Å². The SMILES string of the molecule is CN1CN(F)c2ccccc21. The first-order chi connectivity index (χ1) is 5.29. The van der Waals surface area contributed by atoms with Gasteiger partial charge in [0.1, 0.15) is 6.67 Å². The van der Waals surface area contributed by atoms with Gasteiger partial charge >= 0.3 is 0 Å². The van der Waals surface area contributed by atoms with Gasteiger partial charge in [-0.2, -0.15) is 5.12 Å². The Labute approximate surface area is 64.8 Å². The van der Waals surface area contributed by atoms with Gasteiger partial charge in [0.15, 0.2) is 0 Å². The van der Waals surface area contributed by atoms with Crippen LogP contribution in [0, 0.1) is 0 Å². The van der Waals surface area contributed by atoms with Crippen LogP contribution in [0.25, 0.3) is 0 Å². The van der Waals surface area contributed by atoms with Crippen LogP contribution in [0.4, 0.5) is 15.9 Å². The topological polar surface area (TPSA) is 6.48 Å². The molecule has 0 atom stereocenters. The van der Waals surface area contributed by atoms with Crippen molar-refractivity contribution >= 4 is 11.4 Å². The third kappa shape index (κ3) is 0.843. The molecule has 0 unspecified atom stereocenters. The Bertz CT molecular complexity index is 248. The fourth-order valence-corrected chi connectivity index (χ4v) is 1.33. The molecule has 2 nitrogen and oxygen atoms in total. The second kappa shape index (κ2) is 2.12.